The van der Waals surface area contributed by atoms with Crippen LogP contribution in [0, 0.1) is 18.3 Å². The van der Waals surface area contributed by atoms with Crippen molar-refractivity contribution in [1.82, 2.24) is 29.6 Å². The van der Waals surface area contributed by atoms with Gasteiger partial charge in [0.1, 0.15) is 17.5 Å². The first-order valence-corrected chi connectivity index (χ1v) is 9.97. The standard InChI is InChI=1S/C21H19N9O4/c1-10-24-18-15(16(21(2,3)4)28-30(18)27-10)25-26-17-13(8-22)9-23-29(17)14-6-11(19(31)32)5-12(7-14)20(33)34/h5-7,9,28H,1-4H3,(H,31,32)(H,33,34). The number of nitrogens with one attached hydrogen (secondary N) is 1. The molecule has 3 heterocycles. The monoisotopic (exact) mass is 461 g/mol. The number of hydrogen-bond donors (Lipinski definition) is 3. The van der Waals surface area contributed by atoms with Crippen molar-refractivity contribution in [3.05, 3.63) is 52.6 Å². The first-order chi connectivity index (χ1) is 16.0. The van der Waals surface area contributed by atoms with Gasteiger partial charge in [0.2, 0.25) is 5.65 Å². The van der Waals surface area contributed by atoms with Crippen molar-refractivity contribution in [2.24, 2.45) is 10.2 Å². The highest BCUT2D eigenvalue weighted by Crippen LogP contribution is 2.35. The summed E-state index contributed by atoms with van der Waals surface area (Å²) in [6.07, 6.45) is 1.24. The number of fused-ring (bicyclic) bond motifs is 1. The van der Waals surface area contributed by atoms with Crippen LogP contribution < -0.4 is 0 Å². The Kier molecular flexibility index (Phi) is 5.21. The minimum absolute atomic E-state index is 0.00294. The van der Waals surface area contributed by atoms with Crippen molar-refractivity contribution in [3.63, 3.8) is 0 Å². The van der Waals surface area contributed by atoms with Gasteiger partial charge in [-0.1, -0.05) is 20.8 Å². The summed E-state index contributed by atoms with van der Waals surface area (Å²) in [5, 5.41) is 48.4. The van der Waals surface area contributed by atoms with Crippen molar-refractivity contribution in [2.45, 2.75) is 33.1 Å². The lowest BCUT2D eigenvalue weighted by Gasteiger charge is -2.16. The van der Waals surface area contributed by atoms with E-state index in [0.717, 1.165) is 10.7 Å². The van der Waals surface area contributed by atoms with Crippen molar-refractivity contribution in [3.8, 4) is 11.8 Å². The van der Waals surface area contributed by atoms with E-state index in [-0.39, 0.29) is 33.6 Å². The summed E-state index contributed by atoms with van der Waals surface area (Å²) in [6, 6.07) is 5.47. The Hall–Kier alpha value is -4.86. The van der Waals surface area contributed by atoms with Gasteiger partial charge >= 0.3 is 11.9 Å². The molecule has 0 saturated carbocycles. The van der Waals surface area contributed by atoms with Gasteiger partial charge in [0, 0.05) is 5.41 Å². The lowest BCUT2D eigenvalue weighted by Crippen LogP contribution is -2.12. The normalized spacial score (nSPS) is 11.9. The number of aromatic nitrogens is 6. The van der Waals surface area contributed by atoms with Crippen LogP contribution in [-0.2, 0) is 5.41 Å². The van der Waals surface area contributed by atoms with Gasteiger partial charge in [-0.15, -0.1) is 15.3 Å². The predicted octanol–water partition coefficient (Wildman–Crippen LogP) is 3.53. The molecule has 0 aliphatic rings. The number of nitrogens with zero attached hydrogens (tertiary/aromatic N) is 8. The fraction of sp³-hybridized carbons (Fsp3) is 0.238. The SMILES string of the molecule is Cc1nc2c(N=Nc3c(C#N)cnn3-c3cc(C(=O)O)cc(C(=O)O)c3)c(C(C)(C)C)[nH]n2n1. The summed E-state index contributed by atoms with van der Waals surface area (Å²) in [7, 11) is 0. The summed E-state index contributed by atoms with van der Waals surface area (Å²) in [5.74, 6) is -2.10. The smallest absolute Gasteiger partial charge is 0.335 e. The highest BCUT2D eigenvalue weighted by molar-refractivity contribution is 5.94. The highest BCUT2D eigenvalue weighted by Gasteiger charge is 2.26. The van der Waals surface area contributed by atoms with Crippen molar-refractivity contribution >= 4 is 29.1 Å². The zero-order valence-electron chi connectivity index (χ0n) is 18.6. The van der Waals surface area contributed by atoms with Crippen LogP contribution in [0.25, 0.3) is 11.3 Å². The van der Waals surface area contributed by atoms with E-state index >= 15 is 0 Å². The summed E-state index contributed by atoms with van der Waals surface area (Å²) < 4.78 is 2.65. The first-order valence-electron chi connectivity index (χ1n) is 9.97. The van der Waals surface area contributed by atoms with E-state index < -0.39 is 11.9 Å². The van der Waals surface area contributed by atoms with Gasteiger partial charge in [-0.25, -0.2) is 19.3 Å². The van der Waals surface area contributed by atoms with Crippen LogP contribution in [0.15, 0.2) is 34.6 Å². The van der Waals surface area contributed by atoms with Gasteiger partial charge in [0.15, 0.2) is 11.5 Å². The van der Waals surface area contributed by atoms with Gasteiger partial charge in [-0.2, -0.15) is 15.0 Å². The Morgan fingerprint density at radius 1 is 1.12 bits per heavy atom. The fourth-order valence-electron chi connectivity index (χ4n) is 3.32. The zero-order valence-corrected chi connectivity index (χ0v) is 18.6. The van der Waals surface area contributed by atoms with E-state index in [9.17, 15) is 25.1 Å². The Balaban J connectivity index is 1.90. The number of rotatable bonds is 5. The third-order valence-electron chi connectivity index (χ3n) is 4.89. The van der Waals surface area contributed by atoms with Crippen LogP contribution >= 0.6 is 0 Å². The van der Waals surface area contributed by atoms with E-state index in [0.29, 0.717) is 22.9 Å². The number of carboxylic acids is 2. The molecule has 3 N–H and O–H groups in total. The van der Waals surface area contributed by atoms with E-state index in [4.69, 9.17) is 0 Å². The molecule has 0 spiro atoms. The number of carbonyl (C=O) groups is 2. The van der Waals surface area contributed by atoms with E-state index in [1.165, 1.54) is 23.0 Å². The molecule has 34 heavy (non-hydrogen) atoms. The Morgan fingerprint density at radius 3 is 2.32 bits per heavy atom. The molecular formula is C21H19N9O4. The van der Waals surface area contributed by atoms with Crippen molar-refractivity contribution in [2.75, 3.05) is 0 Å². The molecule has 13 nitrogen and oxygen atoms in total. The summed E-state index contributed by atoms with van der Waals surface area (Å²) in [4.78, 5) is 27.4. The summed E-state index contributed by atoms with van der Waals surface area (Å²) in [5.41, 5.74) is 0.837. The molecule has 3 aromatic heterocycles. The number of aromatic amines is 1. The van der Waals surface area contributed by atoms with E-state index in [1.807, 2.05) is 26.8 Å². The minimum atomic E-state index is -1.31. The lowest BCUT2D eigenvalue weighted by molar-refractivity contribution is 0.0696. The fourth-order valence-corrected chi connectivity index (χ4v) is 3.32. The molecule has 0 saturated heterocycles. The van der Waals surface area contributed by atoms with Crippen LogP contribution in [0.2, 0.25) is 0 Å². The number of nitriles is 1. The molecule has 172 valence electrons. The molecule has 1 aromatic carbocycles. The molecule has 0 unspecified atom stereocenters. The molecule has 0 atom stereocenters. The van der Waals surface area contributed by atoms with Gasteiger partial charge in [-0.3, -0.25) is 5.10 Å². The van der Waals surface area contributed by atoms with Crippen LogP contribution in [0.5, 0.6) is 0 Å². The number of benzene rings is 1. The predicted molar refractivity (Wildman–Crippen MR) is 117 cm³/mol. The number of aromatic carboxylic acids is 2. The molecule has 0 bridgehead atoms. The molecule has 13 heteroatoms. The maximum Gasteiger partial charge on any atom is 0.335 e. The second-order valence-electron chi connectivity index (χ2n) is 8.46. The van der Waals surface area contributed by atoms with Gasteiger partial charge in [0.05, 0.1) is 28.7 Å². The maximum absolute atomic E-state index is 11.5. The number of aryl methyl sites for hydroxylation is 1. The van der Waals surface area contributed by atoms with Gasteiger partial charge in [-0.05, 0) is 25.1 Å². The van der Waals surface area contributed by atoms with Crippen LogP contribution in [-0.4, -0.2) is 51.7 Å². The molecule has 4 rings (SSSR count). The average Bonchev–Trinajstić information content (AvgIpc) is 3.43. The summed E-state index contributed by atoms with van der Waals surface area (Å²) >= 11 is 0. The largest absolute Gasteiger partial charge is 0.478 e. The number of hydrogen-bond acceptors (Lipinski definition) is 8. The average molecular weight is 461 g/mol. The van der Waals surface area contributed by atoms with Crippen molar-refractivity contribution in [1.29, 1.82) is 5.26 Å². The maximum atomic E-state index is 11.5. The molecule has 0 amide bonds. The van der Waals surface area contributed by atoms with Gasteiger partial charge in [0.25, 0.3) is 0 Å². The van der Waals surface area contributed by atoms with E-state index in [2.05, 4.69) is 30.5 Å². The van der Waals surface area contributed by atoms with E-state index in [1.54, 1.807) is 6.92 Å². The second-order valence-corrected chi connectivity index (χ2v) is 8.46. The molecule has 0 radical (unpaired) electrons. The minimum Gasteiger partial charge on any atom is -0.478 e. The molecular weight excluding hydrogens is 442 g/mol. The van der Waals surface area contributed by atoms with Crippen LogP contribution in [0.3, 0.4) is 0 Å². The second kappa shape index (κ2) is 7.93. The summed E-state index contributed by atoms with van der Waals surface area (Å²) in [6.45, 7) is 7.65. The Morgan fingerprint density at radius 2 is 1.76 bits per heavy atom. The van der Waals surface area contributed by atoms with Crippen LogP contribution in [0.1, 0.15) is 58.6 Å². The molecule has 0 fully saturated rings. The Bertz CT molecular complexity index is 1490. The Labute approximate surface area is 192 Å². The topological polar surface area (TPSA) is 187 Å². The third-order valence-corrected chi connectivity index (χ3v) is 4.89. The number of carboxylic acid groups (broad SMARTS) is 2. The quantitative estimate of drug-likeness (QED) is 0.376. The molecule has 0 aliphatic carbocycles. The first kappa shape index (κ1) is 22.3. The lowest BCUT2D eigenvalue weighted by atomic mass is 9.91. The van der Waals surface area contributed by atoms with Crippen LogP contribution in [0.4, 0.5) is 11.5 Å². The number of azo groups is 1. The number of H-pyrrole nitrogens is 1. The highest BCUT2D eigenvalue weighted by atomic mass is 16.4. The third kappa shape index (κ3) is 3.88. The zero-order chi connectivity index (χ0) is 24.8. The van der Waals surface area contributed by atoms with Gasteiger partial charge < -0.3 is 10.2 Å². The molecule has 4 aromatic rings. The van der Waals surface area contributed by atoms with Crippen molar-refractivity contribution < 1.29 is 19.8 Å². The molecule has 0 aliphatic heterocycles.